The number of carbonyl (C=O) groups is 3. The molecule has 1 heterocycles. The Labute approximate surface area is 203 Å². The first-order valence-corrected chi connectivity index (χ1v) is 12.4. The highest BCUT2D eigenvalue weighted by atomic mass is 32.1. The third kappa shape index (κ3) is 5.59. The second-order valence-corrected chi connectivity index (χ2v) is 10.2. The van der Waals surface area contributed by atoms with Crippen LogP contribution in [0.5, 0.6) is 0 Å². The maximum atomic E-state index is 13.2. The zero-order chi connectivity index (χ0) is 24.1. The molecule has 1 aliphatic carbocycles. The van der Waals surface area contributed by atoms with Crippen LogP contribution in [-0.4, -0.2) is 28.1 Å². The molecule has 176 valence electrons. The lowest BCUT2D eigenvalue weighted by molar-refractivity contribution is -0.129. The van der Waals surface area contributed by atoms with Crippen molar-refractivity contribution in [1.82, 2.24) is 10.3 Å². The highest BCUT2D eigenvalue weighted by Gasteiger charge is 2.32. The summed E-state index contributed by atoms with van der Waals surface area (Å²) >= 11 is 1.14. The average molecular weight is 476 g/mol. The number of thiazole rings is 1. The van der Waals surface area contributed by atoms with Crippen molar-refractivity contribution >= 4 is 34.1 Å². The predicted molar refractivity (Wildman–Crippen MR) is 135 cm³/mol. The van der Waals surface area contributed by atoms with E-state index in [0.29, 0.717) is 33.6 Å². The van der Waals surface area contributed by atoms with Gasteiger partial charge in [0.2, 0.25) is 11.7 Å². The van der Waals surface area contributed by atoms with Crippen LogP contribution in [0.25, 0.3) is 11.3 Å². The number of benzene rings is 2. The lowest BCUT2D eigenvalue weighted by Gasteiger charge is -2.25. The summed E-state index contributed by atoms with van der Waals surface area (Å²) in [5.41, 5.74) is 0.763. The Hall–Kier alpha value is -3.32. The number of aromatic nitrogens is 1. The lowest BCUT2D eigenvalue weighted by Crippen LogP contribution is -2.52. The fourth-order valence-electron chi connectivity index (χ4n) is 4.23. The van der Waals surface area contributed by atoms with Crippen LogP contribution in [0.15, 0.2) is 60.7 Å². The number of nitrogens with one attached hydrogen (secondary N) is 2. The topological polar surface area (TPSA) is 88.2 Å². The summed E-state index contributed by atoms with van der Waals surface area (Å²) in [5.74, 6) is -0.241. The van der Waals surface area contributed by atoms with Gasteiger partial charge in [0.1, 0.15) is 10.4 Å². The molecule has 2 amide bonds. The minimum Gasteiger partial charge on any atom is -0.342 e. The van der Waals surface area contributed by atoms with Gasteiger partial charge in [0.25, 0.3) is 5.91 Å². The summed E-state index contributed by atoms with van der Waals surface area (Å²) in [4.78, 5) is 43.9. The summed E-state index contributed by atoms with van der Waals surface area (Å²) < 4.78 is 0. The van der Waals surface area contributed by atoms with Gasteiger partial charge >= 0.3 is 0 Å². The molecule has 0 saturated heterocycles. The van der Waals surface area contributed by atoms with Crippen molar-refractivity contribution in [1.29, 1.82) is 0 Å². The molecule has 3 aromatic rings. The van der Waals surface area contributed by atoms with Gasteiger partial charge in [-0.15, -0.1) is 0 Å². The Bertz CT molecular complexity index is 1170. The molecule has 0 unspecified atom stereocenters. The lowest BCUT2D eigenvalue weighted by atomic mass is 10.0. The van der Waals surface area contributed by atoms with E-state index in [0.717, 1.165) is 29.7 Å². The van der Waals surface area contributed by atoms with E-state index in [4.69, 9.17) is 0 Å². The Morgan fingerprint density at radius 3 is 2.24 bits per heavy atom. The Balaban J connectivity index is 1.54. The number of nitrogens with zero attached hydrogens (tertiary/aromatic N) is 1. The zero-order valence-corrected chi connectivity index (χ0v) is 20.3. The number of anilines is 1. The molecule has 0 bridgehead atoms. The number of rotatable bonds is 8. The van der Waals surface area contributed by atoms with Gasteiger partial charge < -0.3 is 5.32 Å². The van der Waals surface area contributed by atoms with Gasteiger partial charge in [-0.2, -0.15) is 0 Å². The summed E-state index contributed by atoms with van der Waals surface area (Å²) in [6.45, 7) is 3.35. The first-order valence-electron chi connectivity index (χ1n) is 11.6. The molecular weight excluding hydrogens is 446 g/mol. The van der Waals surface area contributed by atoms with Crippen LogP contribution in [0.2, 0.25) is 0 Å². The Morgan fingerprint density at radius 1 is 0.971 bits per heavy atom. The van der Waals surface area contributed by atoms with E-state index in [-0.39, 0.29) is 17.6 Å². The monoisotopic (exact) mass is 475 g/mol. The van der Waals surface area contributed by atoms with Gasteiger partial charge in [-0.25, -0.2) is 4.98 Å². The molecule has 34 heavy (non-hydrogen) atoms. The Kier molecular flexibility index (Phi) is 7.22. The maximum absolute atomic E-state index is 13.2. The molecular formula is C27H29N3O3S. The van der Waals surface area contributed by atoms with Crippen LogP contribution in [0.4, 0.5) is 5.13 Å². The van der Waals surface area contributed by atoms with E-state index in [1.165, 1.54) is 12.8 Å². The molecule has 6 nitrogen and oxygen atoms in total. The molecule has 0 spiro atoms. The summed E-state index contributed by atoms with van der Waals surface area (Å²) in [6.07, 6.45) is 4.92. The van der Waals surface area contributed by atoms with Crippen LogP contribution in [-0.2, 0) is 9.59 Å². The predicted octanol–water partition coefficient (Wildman–Crippen LogP) is 5.45. The SMILES string of the molecule is CC(C)(NC(=O)CC1CCCC1)C(=O)Nc1nc(-c2ccccc2)c(C(=O)c2ccccc2)s1. The van der Waals surface area contributed by atoms with Gasteiger partial charge in [-0.05, 0) is 32.6 Å². The first-order chi connectivity index (χ1) is 16.3. The molecule has 0 aliphatic heterocycles. The van der Waals surface area contributed by atoms with Crippen LogP contribution in [0.1, 0.15) is 61.2 Å². The number of hydrogen-bond acceptors (Lipinski definition) is 5. The minimum atomic E-state index is -1.11. The number of ketones is 1. The molecule has 1 aromatic heterocycles. The van der Waals surface area contributed by atoms with Crippen LogP contribution >= 0.6 is 11.3 Å². The first kappa shape index (κ1) is 23.8. The van der Waals surface area contributed by atoms with E-state index >= 15 is 0 Å². The standard InChI is InChI=1S/C27H29N3O3S/c1-27(2,30-21(31)17-18-11-9-10-12-18)25(33)29-26-28-22(19-13-5-3-6-14-19)24(34-26)23(32)20-15-7-4-8-16-20/h3-8,13-16,18H,9-12,17H2,1-2H3,(H,30,31)(H,28,29,33). The third-order valence-electron chi connectivity index (χ3n) is 6.11. The van der Waals surface area contributed by atoms with Crippen molar-refractivity contribution < 1.29 is 14.4 Å². The van der Waals surface area contributed by atoms with E-state index in [1.807, 2.05) is 48.5 Å². The van der Waals surface area contributed by atoms with Crippen molar-refractivity contribution in [3.8, 4) is 11.3 Å². The quantitative estimate of drug-likeness (QED) is 0.424. The fourth-order valence-corrected chi connectivity index (χ4v) is 5.17. The molecule has 2 N–H and O–H groups in total. The number of hydrogen-bond donors (Lipinski definition) is 2. The van der Waals surface area contributed by atoms with Crippen LogP contribution < -0.4 is 10.6 Å². The van der Waals surface area contributed by atoms with Crippen LogP contribution in [0, 0.1) is 5.92 Å². The van der Waals surface area contributed by atoms with Crippen molar-refractivity contribution in [3.05, 3.63) is 71.1 Å². The van der Waals surface area contributed by atoms with Gasteiger partial charge in [-0.1, -0.05) is 84.8 Å². The molecule has 0 atom stereocenters. The highest BCUT2D eigenvalue weighted by Crippen LogP contribution is 2.33. The van der Waals surface area contributed by atoms with E-state index < -0.39 is 5.54 Å². The summed E-state index contributed by atoms with van der Waals surface area (Å²) in [6, 6.07) is 18.4. The zero-order valence-electron chi connectivity index (χ0n) is 19.5. The van der Waals surface area contributed by atoms with Gasteiger partial charge in [0.05, 0.1) is 5.69 Å². The second kappa shape index (κ2) is 10.3. The highest BCUT2D eigenvalue weighted by molar-refractivity contribution is 7.18. The molecule has 7 heteroatoms. The largest absolute Gasteiger partial charge is 0.342 e. The fraction of sp³-hybridized carbons (Fsp3) is 0.333. The third-order valence-corrected chi connectivity index (χ3v) is 7.08. The van der Waals surface area contributed by atoms with E-state index in [9.17, 15) is 14.4 Å². The minimum absolute atomic E-state index is 0.115. The smallest absolute Gasteiger partial charge is 0.251 e. The molecule has 4 rings (SSSR count). The summed E-state index contributed by atoms with van der Waals surface area (Å²) in [5, 5.41) is 6.00. The average Bonchev–Trinajstić information content (AvgIpc) is 3.49. The van der Waals surface area contributed by atoms with Crippen LogP contribution in [0.3, 0.4) is 0 Å². The molecule has 1 saturated carbocycles. The van der Waals surface area contributed by atoms with Crippen molar-refractivity contribution in [3.63, 3.8) is 0 Å². The maximum Gasteiger partial charge on any atom is 0.251 e. The van der Waals surface area contributed by atoms with E-state index in [2.05, 4.69) is 15.6 Å². The van der Waals surface area contributed by atoms with Crippen molar-refractivity contribution in [2.45, 2.75) is 51.5 Å². The van der Waals surface area contributed by atoms with Gasteiger partial charge in [0, 0.05) is 17.5 Å². The van der Waals surface area contributed by atoms with E-state index in [1.54, 1.807) is 26.0 Å². The molecule has 1 aliphatic rings. The number of amides is 2. The summed E-state index contributed by atoms with van der Waals surface area (Å²) in [7, 11) is 0. The molecule has 0 radical (unpaired) electrons. The Morgan fingerprint density at radius 2 is 1.59 bits per heavy atom. The van der Waals surface area contributed by atoms with Gasteiger partial charge in [-0.3, -0.25) is 19.7 Å². The molecule has 2 aromatic carbocycles. The van der Waals surface area contributed by atoms with Gasteiger partial charge in [0.15, 0.2) is 5.13 Å². The normalized spacial score (nSPS) is 14.1. The second-order valence-electron chi connectivity index (χ2n) is 9.24. The van der Waals surface area contributed by atoms with Crippen molar-refractivity contribution in [2.75, 3.05) is 5.32 Å². The molecule has 1 fully saturated rings. The number of carbonyl (C=O) groups excluding carboxylic acids is 3. The van der Waals surface area contributed by atoms with Crippen molar-refractivity contribution in [2.24, 2.45) is 5.92 Å².